The molecule has 4 rings (SSSR count). The Morgan fingerprint density at radius 3 is 2.21 bits per heavy atom. The quantitative estimate of drug-likeness (QED) is 0.754. The summed E-state index contributed by atoms with van der Waals surface area (Å²) in [6.45, 7) is 2.25. The highest BCUT2D eigenvalue weighted by Gasteiger charge is 2.35. The second-order valence-electron chi connectivity index (χ2n) is 8.41. The van der Waals surface area contributed by atoms with Gasteiger partial charge >= 0.3 is 0 Å². The number of piperidine rings is 1. The van der Waals surface area contributed by atoms with Crippen molar-refractivity contribution in [2.45, 2.75) is 63.3 Å². The van der Waals surface area contributed by atoms with Crippen LogP contribution in [0.3, 0.4) is 0 Å². The van der Waals surface area contributed by atoms with Crippen molar-refractivity contribution in [2.75, 3.05) is 31.9 Å². The van der Waals surface area contributed by atoms with Gasteiger partial charge in [-0.15, -0.1) is 0 Å². The fraction of sp³-hybridized carbons (Fsp3) is 0.700. The molecule has 0 unspecified atom stereocenters. The van der Waals surface area contributed by atoms with Crippen molar-refractivity contribution in [1.29, 1.82) is 0 Å². The van der Waals surface area contributed by atoms with Gasteiger partial charge in [-0.2, -0.15) is 17.0 Å². The Kier molecular flexibility index (Phi) is 6.08. The average Bonchev–Trinajstić information content (AvgIpc) is 3.42. The SMILES string of the molecule is Nc1nc(C2CCN(S(=O)(=O)N3CCCC3)CC2)ccc1C(=O)NC1CCCC1. The molecule has 1 aromatic heterocycles. The molecule has 160 valence electrons. The van der Waals surface area contributed by atoms with Crippen LogP contribution in [0.1, 0.15) is 73.3 Å². The van der Waals surface area contributed by atoms with E-state index in [0.29, 0.717) is 44.6 Å². The van der Waals surface area contributed by atoms with Gasteiger partial charge in [-0.25, -0.2) is 4.98 Å². The van der Waals surface area contributed by atoms with Crippen molar-refractivity contribution < 1.29 is 13.2 Å². The van der Waals surface area contributed by atoms with E-state index in [4.69, 9.17) is 5.73 Å². The van der Waals surface area contributed by atoms with Crippen molar-refractivity contribution in [2.24, 2.45) is 0 Å². The molecule has 2 aliphatic heterocycles. The minimum Gasteiger partial charge on any atom is -0.383 e. The van der Waals surface area contributed by atoms with Crippen LogP contribution < -0.4 is 11.1 Å². The Bertz CT molecular complexity index is 840. The third-order valence-electron chi connectivity index (χ3n) is 6.47. The molecule has 0 atom stereocenters. The fourth-order valence-electron chi connectivity index (χ4n) is 4.71. The third kappa shape index (κ3) is 4.41. The predicted octanol–water partition coefficient (Wildman–Crippen LogP) is 1.86. The van der Waals surface area contributed by atoms with E-state index in [1.165, 1.54) is 0 Å². The standard InChI is InChI=1S/C20H31N5O3S/c21-19-17(20(26)22-16-5-1-2-6-16)7-8-18(23-19)15-9-13-25(14-10-15)29(27,28)24-11-3-4-12-24/h7-8,15-16H,1-6,9-14H2,(H2,21,23)(H,22,26). The Morgan fingerprint density at radius 2 is 1.59 bits per heavy atom. The van der Waals surface area contributed by atoms with Crippen LogP contribution in [0.4, 0.5) is 5.82 Å². The second kappa shape index (κ2) is 8.57. The molecule has 2 saturated heterocycles. The number of hydrogen-bond acceptors (Lipinski definition) is 5. The first-order chi connectivity index (χ1) is 13.9. The molecule has 1 aromatic rings. The van der Waals surface area contributed by atoms with Gasteiger partial charge in [-0.05, 0) is 50.7 Å². The lowest BCUT2D eigenvalue weighted by atomic mass is 9.93. The first-order valence-corrected chi connectivity index (χ1v) is 12.2. The van der Waals surface area contributed by atoms with Crippen LogP contribution in [0, 0.1) is 0 Å². The molecular weight excluding hydrogens is 390 g/mol. The van der Waals surface area contributed by atoms with E-state index in [9.17, 15) is 13.2 Å². The van der Waals surface area contributed by atoms with E-state index in [-0.39, 0.29) is 23.7 Å². The topological polar surface area (TPSA) is 109 Å². The maximum Gasteiger partial charge on any atom is 0.281 e. The van der Waals surface area contributed by atoms with Crippen molar-refractivity contribution in [3.63, 3.8) is 0 Å². The summed E-state index contributed by atoms with van der Waals surface area (Å²) < 4.78 is 28.6. The highest BCUT2D eigenvalue weighted by Crippen LogP contribution is 2.30. The van der Waals surface area contributed by atoms with Gasteiger partial charge in [-0.3, -0.25) is 4.79 Å². The van der Waals surface area contributed by atoms with Crippen LogP contribution in [0.25, 0.3) is 0 Å². The summed E-state index contributed by atoms with van der Waals surface area (Å²) in [4.78, 5) is 17.0. The normalized spacial score (nSPS) is 22.9. The number of amides is 1. The summed E-state index contributed by atoms with van der Waals surface area (Å²) >= 11 is 0. The number of pyridine rings is 1. The van der Waals surface area contributed by atoms with Crippen LogP contribution in [-0.2, 0) is 10.2 Å². The number of aromatic nitrogens is 1. The summed E-state index contributed by atoms with van der Waals surface area (Å²) in [5.74, 6) is 0.263. The number of nitrogen functional groups attached to an aromatic ring is 1. The molecule has 1 saturated carbocycles. The lowest BCUT2D eigenvalue weighted by Crippen LogP contribution is -2.45. The number of nitrogens with two attached hydrogens (primary N) is 1. The van der Waals surface area contributed by atoms with Gasteiger partial charge in [0.2, 0.25) is 0 Å². The van der Waals surface area contributed by atoms with Crippen LogP contribution in [0.2, 0.25) is 0 Å². The monoisotopic (exact) mass is 421 g/mol. The molecule has 3 fully saturated rings. The zero-order valence-electron chi connectivity index (χ0n) is 16.8. The summed E-state index contributed by atoms with van der Waals surface area (Å²) in [6.07, 6.45) is 7.68. The smallest absolute Gasteiger partial charge is 0.281 e. The van der Waals surface area contributed by atoms with E-state index < -0.39 is 10.2 Å². The molecule has 3 heterocycles. The maximum absolute atomic E-state index is 12.7. The summed E-state index contributed by atoms with van der Waals surface area (Å²) in [5.41, 5.74) is 7.37. The number of rotatable bonds is 5. The van der Waals surface area contributed by atoms with Crippen LogP contribution in [-0.4, -0.2) is 60.1 Å². The number of carbonyl (C=O) groups excluding carboxylic acids is 1. The highest BCUT2D eigenvalue weighted by molar-refractivity contribution is 7.86. The number of nitrogens with one attached hydrogen (secondary N) is 1. The van der Waals surface area contributed by atoms with Crippen molar-refractivity contribution in [3.05, 3.63) is 23.4 Å². The molecule has 1 amide bonds. The van der Waals surface area contributed by atoms with Gasteiger partial charge in [0, 0.05) is 43.8 Å². The number of hydrogen-bond donors (Lipinski definition) is 2. The zero-order chi connectivity index (χ0) is 20.4. The lowest BCUT2D eigenvalue weighted by Gasteiger charge is -2.33. The van der Waals surface area contributed by atoms with Crippen molar-refractivity contribution in [1.82, 2.24) is 18.9 Å². The molecule has 9 heteroatoms. The Balaban J connectivity index is 1.37. The van der Waals surface area contributed by atoms with Gasteiger partial charge in [0.15, 0.2) is 0 Å². The first-order valence-electron chi connectivity index (χ1n) is 10.8. The van der Waals surface area contributed by atoms with Crippen molar-refractivity contribution >= 4 is 21.9 Å². The van der Waals surface area contributed by atoms with Gasteiger partial charge in [0.1, 0.15) is 5.82 Å². The van der Waals surface area contributed by atoms with E-state index in [1.54, 1.807) is 14.7 Å². The Morgan fingerprint density at radius 1 is 0.966 bits per heavy atom. The molecule has 1 aliphatic carbocycles. The third-order valence-corrected chi connectivity index (χ3v) is 8.51. The van der Waals surface area contributed by atoms with Crippen LogP contribution in [0.5, 0.6) is 0 Å². The van der Waals surface area contributed by atoms with E-state index >= 15 is 0 Å². The minimum atomic E-state index is -3.34. The molecule has 0 spiro atoms. The number of carbonyl (C=O) groups is 1. The number of anilines is 1. The zero-order valence-corrected chi connectivity index (χ0v) is 17.7. The highest BCUT2D eigenvalue weighted by atomic mass is 32.2. The van der Waals surface area contributed by atoms with Crippen LogP contribution >= 0.6 is 0 Å². The second-order valence-corrected chi connectivity index (χ2v) is 10.3. The van der Waals surface area contributed by atoms with Gasteiger partial charge in [0.05, 0.1) is 5.56 Å². The summed E-state index contributed by atoms with van der Waals surface area (Å²) in [6, 6.07) is 3.87. The molecule has 3 N–H and O–H groups in total. The molecule has 29 heavy (non-hydrogen) atoms. The number of nitrogens with zero attached hydrogens (tertiary/aromatic N) is 3. The van der Waals surface area contributed by atoms with Gasteiger partial charge in [-0.1, -0.05) is 12.8 Å². The first kappa shape index (κ1) is 20.6. The van der Waals surface area contributed by atoms with E-state index in [2.05, 4.69) is 10.3 Å². The minimum absolute atomic E-state index is 0.153. The maximum atomic E-state index is 12.7. The fourth-order valence-corrected chi connectivity index (χ4v) is 6.43. The Labute approximate surface area is 173 Å². The largest absolute Gasteiger partial charge is 0.383 e. The van der Waals surface area contributed by atoms with Crippen LogP contribution in [0.15, 0.2) is 12.1 Å². The Hall–Kier alpha value is -1.71. The van der Waals surface area contributed by atoms with Crippen molar-refractivity contribution in [3.8, 4) is 0 Å². The van der Waals surface area contributed by atoms with E-state index in [1.807, 2.05) is 6.07 Å². The summed E-state index contributed by atoms with van der Waals surface area (Å²) in [5, 5.41) is 3.05. The predicted molar refractivity (Wildman–Crippen MR) is 112 cm³/mol. The molecule has 0 radical (unpaired) electrons. The average molecular weight is 422 g/mol. The lowest BCUT2D eigenvalue weighted by molar-refractivity contribution is 0.0938. The van der Waals surface area contributed by atoms with Gasteiger partial charge < -0.3 is 11.1 Å². The van der Waals surface area contributed by atoms with Gasteiger partial charge in [0.25, 0.3) is 16.1 Å². The molecule has 3 aliphatic rings. The molecule has 0 bridgehead atoms. The molecule has 0 aromatic carbocycles. The molecular formula is C20H31N5O3S. The summed E-state index contributed by atoms with van der Waals surface area (Å²) in [7, 11) is -3.34. The molecule has 8 nitrogen and oxygen atoms in total. The van der Waals surface area contributed by atoms with E-state index in [0.717, 1.165) is 44.2 Å².